The molecule has 4 N–H and O–H groups in total. The van der Waals surface area contributed by atoms with Crippen molar-refractivity contribution in [1.29, 1.82) is 0 Å². The van der Waals surface area contributed by atoms with Crippen molar-refractivity contribution in [2.45, 2.75) is 70.6 Å². The predicted molar refractivity (Wildman–Crippen MR) is 194 cm³/mol. The Morgan fingerprint density at radius 2 is 1.33 bits per heavy atom. The summed E-state index contributed by atoms with van der Waals surface area (Å²) >= 11 is 0. The number of H-pyrrole nitrogens is 2. The zero-order chi connectivity index (χ0) is 38.8. The molecule has 4 amide bonds. The molecule has 2 fully saturated rings. The third-order valence-corrected chi connectivity index (χ3v) is 10.2. The second-order valence-corrected chi connectivity index (χ2v) is 14.1. The molecule has 0 saturated carbocycles. The number of amides is 4. The van der Waals surface area contributed by atoms with Crippen LogP contribution in [0.5, 0.6) is 0 Å². The van der Waals surface area contributed by atoms with E-state index in [0.717, 1.165) is 11.3 Å². The number of benzene rings is 2. The normalized spacial score (nSPS) is 18.1. The van der Waals surface area contributed by atoms with Gasteiger partial charge in [-0.15, -0.1) is 0 Å². The van der Waals surface area contributed by atoms with Crippen LogP contribution in [-0.2, 0) is 14.3 Å². The number of aromatic nitrogens is 4. The lowest BCUT2D eigenvalue weighted by atomic mass is 10.00. The van der Waals surface area contributed by atoms with Crippen molar-refractivity contribution in [3.63, 3.8) is 0 Å². The van der Waals surface area contributed by atoms with Gasteiger partial charge < -0.3 is 34.9 Å². The van der Waals surface area contributed by atoms with E-state index < -0.39 is 41.9 Å². The zero-order valence-corrected chi connectivity index (χ0v) is 30.7. The number of likely N-dealkylation sites (N-methyl/N-ethyl adjacent to an activating group) is 1. The quantitative estimate of drug-likeness (QED) is 0.150. The molecule has 4 aromatic rings. The summed E-state index contributed by atoms with van der Waals surface area (Å²) in [6.07, 6.45) is 3.85. The standard InChI is InChI=1S/C38H44F2N8O6/c1-20(2)32(46(4)38(52)53)36(50)48-15-7-9-31(48)34-42-19-29(45-34)25-13-11-23(17-27(25)40)22-10-12-24(26(39)16-22)28-18-41-33(44-28)30-8-6-14-47(30)35(49)21(3)43-37(51)54-5/h10-13,16-21,30-32H,6-9,14-15H2,1-5H3,(H,41,44)(H,42,45)(H,43,51)(H,52,53)/t21-,30-,31-,32-/m0/s1. The maximum absolute atomic E-state index is 15.7. The number of carboxylic acid groups (broad SMARTS) is 1. The highest BCUT2D eigenvalue weighted by Gasteiger charge is 2.40. The molecule has 0 bridgehead atoms. The Hall–Kier alpha value is -5.80. The number of carbonyl (C=O) groups is 4. The molecule has 0 radical (unpaired) electrons. The van der Waals surface area contributed by atoms with Crippen LogP contribution in [0.4, 0.5) is 18.4 Å². The number of hydrogen-bond donors (Lipinski definition) is 4. The van der Waals surface area contributed by atoms with E-state index in [1.807, 2.05) is 0 Å². The molecule has 4 heterocycles. The molecule has 2 aromatic heterocycles. The van der Waals surface area contributed by atoms with E-state index in [9.17, 15) is 24.3 Å². The average Bonchev–Trinajstić information content (AvgIpc) is 3.97. The molecule has 16 heteroatoms. The van der Waals surface area contributed by atoms with Crippen molar-refractivity contribution in [3.8, 4) is 33.6 Å². The van der Waals surface area contributed by atoms with E-state index in [0.29, 0.717) is 66.5 Å². The number of alkyl carbamates (subject to hydrolysis) is 1. The largest absolute Gasteiger partial charge is 0.465 e. The van der Waals surface area contributed by atoms with Gasteiger partial charge in [-0.2, -0.15) is 0 Å². The van der Waals surface area contributed by atoms with Crippen LogP contribution in [0, 0.1) is 17.6 Å². The summed E-state index contributed by atoms with van der Waals surface area (Å²) < 4.78 is 35.9. The molecule has 2 aliphatic heterocycles. The lowest BCUT2D eigenvalue weighted by Gasteiger charge is -2.33. The van der Waals surface area contributed by atoms with E-state index >= 15 is 8.78 Å². The van der Waals surface area contributed by atoms with Gasteiger partial charge in [0.25, 0.3) is 0 Å². The highest BCUT2D eigenvalue weighted by atomic mass is 19.1. The van der Waals surface area contributed by atoms with Gasteiger partial charge in [0.1, 0.15) is 35.4 Å². The summed E-state index contributed by atoms with van der Waals surface area (Å²) in [7, 11) is 2.61. The number of likely N-dealkylation sites (tertiary alicyclic amines) is 2. The third kappa shape index (κ3) is 7.50. The second kappa shape index (κ2) is 15.7. The molecular formula is C38H44F2N8O6. The molecule has 0 unspecified atom stereocenters. The van der Waals surface area contributed by atoms with Crippen molar-refractivity contribution in [2.24, 2.45) is 5.92 Å². The van der Waals surface area contributed by atoms with Crippen molar-refractivity contribution < 1.29 is 37.8 Å². The molecule has 2 saturated heterocycles. The first-order chi connectivity index (χ1) is 25.8. The van der Waals surface area contributed by atoms with Crippen LogP contribution >= 0.6 is 0 Å². The van der Waals surface area contributed by atoms with Crippen molar-refractivity contribution >= 4 is 24.0 Å². The topological polar surface area (TPSA) is 177 Å². The van der Waals surface area contributed by atoms with Crippen LogP contribution in [0.2, 0.25) is 0 Å². The predicted octanol–water partition coefficient (Wildman–Crippen LogP) is 6.12. The van der Waals surface area contributed by atoms with Gasteiger partial charge in [-0.3, -0.25) is 14.5 Å². The Morgan fingerprint density at radius 3 is 1.76 bits per heavy atom. The smallest absolute Gasteiger partial charge is 0.407 e. The van der Waals surface area contributed by atoms with E-state index in [-0.39, 0.29) is 34.9 Å². The molecule has 4 atom stereocenters. The molecule has 14 nitrogen and oxygen atoms in total. The summed E-state index contributed by atoms with van der Waals surface area (Å²) in [5, 5.41) is 12.0. The number of ether oxygens (including phenoxy) is 1. The zero-order valence-electron chi connectivity index (χ0n) is 30.7. The van der Waals surface area contributed by atoms with Gasteiger partial charge in [0, 0.05) is 31.3 Å². The minimum atomic E-state index is -1.19. The number of carbonyl (C=O) groups excluding carboxylic acids is 3. The fourth-order valence-electron chi connectivity index (χ4n) is 7.47. The molecule has 0 spiro atoms. The summed E-state index contributed by atoms with van der Waals surface area (Å²) in [6, 6.07) is 6.74. The number of halogens is 2. The van der Waals surface area contributed by atoms with Crippen LogP contribution in [0.25, 0.3) is 33.6 Å². The number of rotatable bonds is 10. The van der Waals surface area contributed by atoms with Crippen LogP contribution < -0.4 is 5.32 Å². The lowest BCUT2D eigenvalue weighted by molar-refractivity contribution is -0.138. The van der Waals surface area contributed by atoms with E-state index in [4.69, 9.17) is 0 Å². The Morgan fingerprint density at radius 1 is 0.852 bits per heavy atom. The lowest BCUT2D eigenvalue weighted by Crippen LogP contribution is -2.51. The highest BCUT2D eigenvalue weighted by molar-refractivity contribution is 5.86. The molecule has 0 aliphatic carbocycles. The molecule has 2 aliphatic rings. The molecular weight excluding hydrogens is 702 g/mol. The van der Waals surface area contributed by atoms with Crippen molar-refractivity contribution in [1.82, 2.24) is 40.0 Å². The Balaban J connectivity index is 1.16. The van der Waals surface area contributed by atoms with Gasteiger partial charge in [0.2, 0.25) is 11.8 Å². The van der Waals surface area contributed by atoms with Gasteiger partial charge in [0.05, 0.1) is 43.0 Å². The monoisotopic (exact) mass is 746 g/mol. The number of methoxy groups -OCH3 is 1. The van der Waals surface area contributed by atoms with E-state index in [1.165, 1.54) is 38.7 Å². The van der Waals surface area contributed by atoms with Crippen LogP contribution in [-0.4, -0.2) is 103 Å². The summed E-state index contributed by atoms with van der Waals surface area (Å²) in [5.41, 5.74) is 2.24. The first-order valence-electron chi connectivity index (χ1n) is 17.9. The number of imidazole rings is 2. The maximum atomic E-state index is 15.7. The SMILES string of the molecule is COC(=O)N[C@@H](C)C(=O)N1CCC[C@H]1c1ncc(-c2ccc(-c3ccc(-c4cnc([C@@H]5CCCN5C(=O)[C@H](C(C)C)N(C)C(=O)O)[nH]4)c(F)c3)cc2F)[nH]1. The van der Waals surface area contributed by atoms with Gasteiger partial charge in [-0.05, 0) is 73.9 Å². The van der Waals surface area contributed by atoms with Crippen molar-refractivity contribution in [3.05, 3.63) is 72.1 Å². The molecule has 54 heavy (non-hydrogen) atoms. The Bertz CT molecular complexity index is 2050. The summed E-state index contributed by atoms with van der Waals surface area (Å²) in [4.78, 5) is 69.5. The fraction of sp³-hybridized carbons (Fsp3) is 0.421. The number of nitrogens with zero attached hydrogens (tertiary/aromatic N) is 5. The maximum Gasteiger partial charge on any atom is 0.407 e. The van der Waals surface area contributed by atoms with Crippen molar-refractivity contribution in [2.75, 3.05) is 27.2 Å². The average molecular weight is 747 g/mol. The third-order valence-electron chi connectivity index (χ3n) is 10.2. The Labute approximate surface area is 310 Å². The van der Waals surface area contributed by atoms with Gasteiger partial charge in [-0.25, -0.2) is 28.3 Å². The first-order valence-corrected chi connectivity index (χ1v) is 17.9. The van der Waals surface area contributed by atoms with Crippen LogP contribution in [0.3, 0.4) is 0 Å². The van der Waals surface area contributed by atoms with Gasteiger partial charge in [0.15, 0.2) is 0 Å². The number of hydrogen-bond acceptors (Lipinski definition) is 7. The molecule has 286 valence electrons. The number of nitrogens with one attached hydrogen (secondary N) is 3. The molecule has 2 aromatic carbocycles. The summed E-state index contributed by atoms with van der Waals surface area (Å²) in [5.74, 6) is -0.949. The highest BCUT2D eigenvalue weighted by Crippen LogP contribution is 2.36. The Kier molecular flexibility index (Phi) is 11.0. The van der Waals surface area contributed by atoms with Crippen LogP contribution in [0.1, 0.15) is 70.2 Å². The molecule has 6 rings (SSSR count). The minimum absolute atomic E-state index is 0.246. The number of aromatic amines is 2. The van der Waals surface area contributed by atoms with Gasteiger partial charge >= 0.3 is 12.2 Å². The first kappa shape index (κ1) is 37.9. The fourth-order valence-corrected chi connectivity index (χ4v) is 7.47. The van der Waals surface area contributed by atoms with Gasteiger partial charge in [-0.1, -0.05) is 26.0 Å². The van der Waals surface area contributed by atoms with Crippen LogP contribution in [0.15, 0.2) is 48.8 Å². The summed E-state index contributed by atoms with van der Waals surface area (Å²) in [6.45, 7) is 6.12. The van der Waals surface area contributed by atoms with E-state index in [1.54, 1.807) is 54.8 Å². The minimum Gasteiger partial charge on any atom is -0.465 e. The second-order valence-electron chi connectivity index (χ2n) is 14.1. The van der Waals surface area contributed by atoms with E-state index in [2.05, 4.69) is 30.0 Å².